The van der Waals surface area contributed by atoms with E-state index >= 15 is 0 Å². The molecule has 1 saturated heterocycles. The van der Waals surface area contributed by atoms with Crippen LogP contribution in [0.2, 0.25) is 0 Å². The van der Waals surface area contributed by atoms with Gasteiger partial charge in [0.25, 0.3) is 0 Å². The van der Waals surface area contributed by atoms with Crippen LogP contribution in [0.15, 0.2) is 24.5 Å². The number of hydrogen-bond donors (Lipinski definition) is 1. The van der Waals surface area contributed by atoms with E-state index in [-0.39, 0.29) is 5.91 Å². The molecule has 0 radical (unpaired) electrons. The summed E-state index contributed by atoms with van der Waals surface area (Å²) in [6.07, 6.45) is 5.36. The van der Waals surface area contributed by atoms with E-state index in [1.165, 1.54) is 0 Å². The highest BCUT2D eigenvalue weighted by Crippen LogP contribution is 2.31. The average Bonchev–Trinajstić information content (AvgIpc) is 2.79. The molecule has 0 aromatic carbocycles. The van der Waals surface area contributed by atoms with Crippen molar-refractivity contribution in [3.05, 3.63) is 30.1 Å². The van der Waals surface area contributed by atoms with E-state index in [4.69, 9.17) is 0 Å². The standard InChI is InChI=1S/C12H17N3O/c1-15(2)11(16)12(6-3-7-14-12)10-4-8-13-9-5-10/h4-5,8-9,14H,3,6-7H2,1-2H3/t12-/m0/s1. The van der Waals surface area contributed by atoms with Gasteiger partial charge in [0, 0.05) is 26.5 Å². The molecule has 16 heavy (non-hydrogen) atoms. The van der Waals surface area contributed by atoms with E-state index in [1.807, 2.05) is 12.1 Å². The monoisotopic (exact) mass is 219 g/mol. The third-order valence-corrected chi connectivity index (χ3v) is 3.10. The van der Waals surface area contributed by atoms with Crippen LogP contribution in [0, 0.1) is 0 Å². The van der Waals surface area contributed by atoms with E-state index in [0.29, 0.717) is 0 Å². The predicted molar refractivity (Wildman–Crippen MR) is 61.8 cm³/mol. The van der Waals surface area contributed by atoms with Crippen molar-refractivity contribution in [1.29, 1.82) is 0 Å². The SMILES string of the molecule is CN(C)C(=O)[C@@]1(c2ccncc2)CCCN1. The summed E-state index contributed by atoms with van der Waals surface area (Å²) >= 11 is 0. The fourth-order valence-corrected chi connectivity index (χ4v) is 2.31. The van der Waals surface area contributed by atoms with Crippen molar-refractivity contribution < 1.29 is 4.79 Å². The number of hydrogen-bond acceptors (Lipinski definition) is 3. The molecule has 0 unspecified atom stereocenters. The molecule has 0 bridgehead atoms. The lowest BCUT2D eigenvalue weighted by atomic mass is 9.87. The first-order chi connectivity index (χ1) is 7.67. The Morgan fingerprint density at radius 1 is 1.44 bits per heavy atom. The number of carbonyl (C=O) groups excluding carboxylic acids is 1. The Morgan fingerprint density at radius 3 is 2.62 bits per heavy atom. The molecule has 1 atom stereocenters. The maximum absolute atomic E-state index is 12.3. The molecule has 2 heterocycles. The lowest BCUT2D eigenvalue weighted by molar-refractivity contribution is -0.135. The summed E-state index contributed by atoms with van der Waals surface area (Å²) in [4.78, 5) is 18.0. The van der Waals surface area contributed by atoms with Crippen molar-refractivity contribution in [1.82, 2.24) is 15.2 Å². The Kier molecular flexibility index (Phi) is 2.92. The fraction of sp³-hybridized carbons (Fsp3) is 0.500. The fourth-order valence-electron chi connectivity index (χ4n) is 2.31. The van der Waals surface area contributed by atoms with Gasteiger partial charge >= 0.3 is 0 Å². The van der Waals surface area contributed by atoms with Crippen LogP contribution in [0.25, 0.3) is 0 Å². The van der Waals surface area contributed by atoms with Gasteiger partial charge in [-0.05, 0) is 37.1 Å². The lowest BCUT2D eigenvalue weighted by Crippen LogP contribution is -2.50. The van der Waals surface area contributed by atoms with Crippen molar-refractivity contribution in [3.8, 4) is 0 Å². The maximum atomic E-state index is 12.3. The molecule has 86 valence electrons. The summed E-state index contributed by atoms with van der Waals surface area (Å²) < 4.78 is 0. The first kappa shape index (κ1) is 11.1. The lowest BCUT2D eigenvalue weighted by Gasteiger charge is -2.31. The summed E-state index contributed by atoms with van der Waals surface area (Å²) in [5.74, 6) is 0.121. The number of carbonyl (C=O) groups is 1. The minimum Gasteiger partial charge on any atom is -0.347 e. The highest BCUT2D eigenvalue weighted by atomic mass is 16.2. The van der Waals surface area contributed by atoms with Crippen LogP contribution >= 0.6 is 0 Å². The maximum Gasteiger partial charge on any atom is 0.246 e. The molecule has 1 aliphatic rings. The number of aromatic nitrogens is 1. The van der Waals surface area contributed by atoms with E-state index in [9.17, 15) is 4.79 Å². The Morgan fingerprint density at radius 2 is 2.12 bits per heavy atom. The summed E-state index contributed by atoms with van der Waals surface area (Å²) in [5, 5.41) is 3.35. The van der Waals surface area contributed by atoms with Crippen LogP contribution in [0.4, 0.5) is 0 Å². The zero-order valence-corrected chi connectivity index (χ0v) is 9.73. The Hall–Kier alpha value is -1.42. The third kappa shape index (κ3) is 1.69. The molecule has 1 aromatic heterocycles. The first-order valence-electron chi connectivity index (χ1n) is 5.54. The number of amides is 1. The summed E-state index contributed by atoms with van der Waals surface area (Å²) in [5.41, 5.74) is 0.477. The van der Waals surface area contributed by atoms with Gasteiger partial charge in [-0.1, -0.05) is 0 Å². The van der Waals surface area contributed by atoms with Gasteiger partial charge in [0.05, 0.1) is 0 Å². The van der Waals surface area contributed by atoms with Gasteiger partial charge in [-0.25, -0.2) is 0 Å². The molecule has 4 nitrogen and oxygen atoms in total. The molecule has 1 N–H and O–H groups in total. The number of pyridine rings is 1. The zero-order chi connectivity index (χ0) is 11.6. The Labute approximate surface area is 95.7 Å². The number of rotatable bonds is 2. The van der Waals surface area contributed by atoms with Crippen LogP contribution in [0.1, 0.15) is 18.4 Å². The molecule has 0 aliphatic carbocycles. The molecular weight excluding hydrogens is 202 g/mol. The Balaban J connectivity index is 2.40. The van der Waals surface area contributed by atoms with E-state index < -0.39 is 5.54 Å². The van der Waals surface area contributed by atoms with Crippen LogP contribution in [0.3, 0.4) is 0 Å². The Bertz CT molecular complexity index is 369. The molecule has 1 amide bonds. The number of nitrogens with zero attached hydrogens (tertiary/aromatic N) is 2. The minimum atomic E-state index is -0.535. The number of likely N-dealkylation sites (N-methyl/N-ethyl adjacent to an activating group) is 1. The molecular formula is C12H17N3O. The highest BCUT2D eigenvalue weighted by Gasteiger charge is 2.43. The van der Waals surface area contributed by atoms with Crippen molar-refractivity contribution in [2.45, 2.75) is 18.4 Å². The second-order valence-corrected chi connectivity index (χ2v) is 4.37. The average molecular weight is 219 g/mol. The topological polar surface area (TPSA) is 45.2 Å². The summed E-state index contributed by atoms with van der Waals surface area (Å²) in [7, 11) is 3.59. The van der Waals surface area contributed by atoms with Gasteiger partial charge in [-0.3, -0.25) is 15.1 Å². The quantitative estimate of drug-likeness (QED) is 0.798. The third-order valence-electron chi connectivity index (χ3n) is 3.10. The molecule has 0 spiro atoms. The van der Waals surface area contributed by atoms with E-state index in [1.54, 1.807) is 31.4 Å². The van der Waals surface area contributed by atoms with Crippen LogP contribution in [-0.4, -0.2) is 36.4 Å². The highest BCUT2D eigenvalue weighted by molar-refractivity contribution is 5.87. The molecule has 1 aliphatic heterocycles. The van der Waals surface area contributed by atoms with Gasteiger partial charge in [0.1, 0.15) is 5.54 Å². The van der Waals surface area contributed by atoms with Crippen molar-refractivity contribution in [2.24, 2.45) is 0 Å². The summed E-state index contributed by atoms with van der Waals surface area (Å²) in [6, 6.07) is 3.83. The normalized spacial score (nSPS) is 24.4. The van der Waals surface area contributed by atoms with Gasteiger partial charge < -0.3 is 4.90 Å². The predicted octanol–water partition coefficient (Wildman–Crippen LogP) is 0.748. The van der Waals surface area contributed by atoms with E-state index in [0.717, 1.165) is 24.9 Å². The molecule has 1 fully saturated rings. The molecule has 4 heteroatoms. The molecule has 2 rings (SSSR count). The minimum absolute atomic E-state index is 0.121. The van der Waals surface area contributed by atoms with Crippen LogP contribution < -0.4 is 5.32 Å². The van der Waals surface area contributed by atoms with Crippen LogP contribution in [-0.2, 0) is 10.3 Å². The van der Waals surface area contributed by atoms with E-state index in [2.05, 4.69) is 10.3 Å². The number of nitrogens with one attached hydrogen (secondary N) is 1. The zero-order valence-electron chi connectivity index (χ0n) is 9.73. The van der Waals surface area contributed by atoms with Gasteiger partial charge in [0.15, 0.2) is 0 Å². The molecule has 0 saturated carbocycles. The van der Waals surface area contributed by atoms with Gasteiger partial charge in [0.2, 0.25) is 5.91 Å². The first-order valence-corrected chi connectivity index (χ1v) is 5.54. The summed E-state index contributed by atoms with van der Waals surface area (Å²) in [6.45, 7) is 0.891. The second kappa shape index (κ2) is 4.22. The van der Waals surface area contributed by atoms with Crippen molar-refractivity contribution >= 4 is 5.91 Å². The van der Waals surface area contributed by atoms with Gasteiger partial charge in [-0.2, -0.15) is 0 Å². The smallest absolute Gasteiger partial charge is 0.246 e. The molecule has 1 aromatic rings. The largest absolute Gasteiger partial charge is 0.347 e. The van der Waals surface area contributed by atoms with Crippen molar-refractivity contribution in [2.75, 3.05) is 20.6 Å². The second-order valence-electron chi connectivity index (χ2n) is 4.37. The van der Waals surface area contributed by atoms with Crippen LogP contribution in [0.5, 0.6) is 0 Å². The van der Waals surface area contributed by atoms with Crippen molar-refractivity contribution in [3.63, 3.8) is 0 Å². The van der Waals surface area contributed by atoms with Gasteiger partial charge in [-0.15, -0.1) is 0 Å².